The van der Waals surface area contributed by atoms with E-state index in [0.717, 1.165) is 17.7 Å². The topological polar surface area (TPSA) is 46.6 Å². The third kappa shape index (κ3) is 3.87. The molecule has 1 saturated heterocycles. The van der Waals surface area contributed by atoms with Crippen molar-refractivity contribution in [1.82, 2.24) is 0 Å². The van der Waals surface area contributed by atoms with Crippen molar-refractivity contribution in [3.05, 3.63) is 65.2 Å². The van der Waals surface area contributed by atoms with E-state index in [-0.39, 0.29) is 5.91 Å². The van der Waals surface area contributed by atoms with Gasteiger partial charge < -0.3 is 9.64 Å². The van der Waals surface area contributed by atoms with Crippen LogP contribution in [0, 0.1) is 0 Å². The molecule has 2 aromatic rings. The average Bonchev–Trinajstić information content (AvgIpc) is 3.37. The van der Waals surface area contributed by atoms with Crippen molar-refractivity contribution in [2.75, 3.05) is 23.0 Å². The summed E-state index contributed by atoms with van der Waals surface area (Å²) in [6.45, 7) is 2.27. The molecule has 1 fully saturated rings. The maximum Gasteiger partial charge on any atom is 0.338 e. The number of anilines is 1. The first-order valence-corrected chi connectivity index (χ1v) is 11.2. The van der Waals surface area contributed by atoms with Crippen LogP contribution >= 0.6 is 23.5 Å². The quantitative estimate of drug-likeness (QED) is 0.718. The molecule has 4 rings (SSSR count). The molecule has 0 spiro atoms. The fourth-order valence-electron chi connectivity index (χ4n) is 3.39. The highest BCUT2D eigenvalue weighted by Crippen LogP contribution is 2.45. The fourth-order valence-corrected chi connectivity index (χ4v) is 6.25. The summed E-state index contributed by atoms with van der Waals surface area (Å²) in [7, 11) is 0. The average molecular weight is 400 g/mol. The number of amides is 1. The number of nitrogens with zero attached hydrogens (tertiary/aromatic N) is 1. The summed E-state index contributed by atoms with van der Waals surface area (Å²) < 4.78 is 5.90. The van der Waals surface area contributed by atoms with Gasteiger partial charge in [0.25, 0.3) is 5.91 Å². The molecule has 2 heterocycles. The molecule has 0 aliphatic carbocycles. The number of carbonyl (C=O) groups is 2. The number of para-hydroxylation sites is 1. The lowest BCUT2D eigenvalue weighted by molar-refractivity contribution is -0.126. The van der Waals surface area contributed by atoms with Gasteiger partial charge in [-0.25, -0.2) is 4.79 Å². The fraction of sp³-hybridized carbons (Fsp3) is 0.333. The maximum absolute atomic E-state index is 12.7. The van der Waals surface area contributed by atoms with Crippen molar-refractivity contribution in [2.45, 2.75) is 24.0 Å². The number of benzene rings is 2. The number of fused-ring (bicyclic) bond motifs is 1. The molecule has 2 aliphatic rings. The highest BCUT2D eigenvalue weighted by atomic mass is 32.2. The van der Waals surface area contributed by atoms with Crippen LogP contribution in [-0.4, -0.2) is 36.0 Å². The Bertz CT molecular complexity index is 847. The van der Waals surface area contributed by atoms with E-state index in [2.05, 4.69) is 0 Å². The van der Waals surface area contributed by atoms with Crippen molar-refractivity contribution in [2.24, 2.45) is 0 Å². The smallest absolute Gasteiger partial charge is 0.338 e. The lowest BCUT2D eigenvalue weighted by Crippen LogP contribution is -2.39. The van der Waals surface area contributed by atoms with E-state index in [4.69, 9.17) is 4.74 Å². The van der Waals surface area contributed by atoms with Crippen LogP contribution in [0.3, 0.4) is 0 Å². The highest BCUT2D eigenvalue weighted by Gasteiger charge is 2.30. The number of rotatable bonds is 4. The highest BCUT2D eigenvalue weighted by molar-refractivity contribution is 8.19. The summed E-state index contributed by atoms with van der Waals surface area (Å²) in [6.07, 6.45) is 0.0191. The van der Waals surface area contributed by atoms with Gasteiger partial charge in [-0.3, -0.25) is 4.79 Å². The number of hydrogen-bond donors (Lipinski definition) is 0. The van der Waals surface area contributed by atoms with E-state index < -0.39 is 12.1 Å². The van der Waals surface area contributed by atoms with Gasteiger partial charge in [-0.1, -0.05) is 30.3 Å². The number of carbonyl (C=O) groups excluding carboxylic acids is 2. The normalized spacial score (nSPS) is 17.6. The zero-order valence-corrected chi connectivity index (χ0v) is 16.7. The maximum atomic E-state index is 12.7. The standard InChI is InChI=1S/C21H21NO3S2/c1-14(19(23)22-11-10-15-4-2-3-5-18(15)22)25-20(24)16-6-8-17(9-7-16)21-26-12-13-27-21/h2-9,14,21H,10-13H2,1H3/t14-/m0/s1. The van der Waals surface area contributed by atoms with E-state index in [1.165, 1.54) is 17.1 Å². The van der Waals surface area contributed by atoms with Gasteiger partial charge in [0.05, 0.1) is 10.1 Å². The van der Waals surface area contributed by atoms with Crippen molar-refractivity contribution < 1.29 is 14.3 Å². The van der Waals surface area contributed by atoms with Crippen LogP contribution in [0.25, 0.3) is 0 Å². The summed E-state index contributed by atoms with van der Waals surface area (Å²) in [5.41, 5.74) is 3.77. The molecule has 4 nitrogen and oxygen atoms in total. The molecule has 27 heavy (non-hydrogen) atoms. The van der Waals surface area contributed by atoms with Gasteiger partial charge in [-0.05, 0) is 42.7 Å². The van der Waals surface area contributed by atoms with Crippen LogP contribution in [0.1, 0.15) is 33.0 Å². The number of esters is 1. The van der Waals surface area contributed by atoms with Gasteiger partial charge in [0.15, 0.2) is 6.10 Å². The Labute approximate surface area is 167 Å². The van der Waals surface area contributed by atoms with E-state index >= 15 is 0 Å². The molecule has 0 bridgehead atoms. The molecule has 0 saturated carbocycles. The second kappa shape index (κ2) is 7.98. The van der Waals surface area contributed by atoms with Gasteiger partial charge in [-0.15, -0.1) is 23.5 Å². The van der Waals surface area contributed by atoms with Crippen LogP contribution < -0.4 is 4.90 Å². The van der Waals surface area contributed by atoms with E-state index in [9.17, 15) is 9.59 Å². The lowest BCUT2D eigenvalue weighted by Gasteiger charge is -2.21. The van der Waals surface area contributed by atoms with Crippen LogP contribution in [0.2, 0.25) is 0 Å². The predicted octanol–water partition coefficient (Wildman–Crippen LogP) is 4.30. The minimum Gasteiger partial charge on any atom is -0.449 e. The summed E-state index contributed by atoms with van der Waals surface area (Å²) in [6, 6.07) is 15.4. The first-order valence-electron chi connectivity index (χ1n) is 9.07. The van der Waals surface area contributed by atoms with Crippen LogP contribution in [0.15, 0.2) is 48.5 Å². The molecule has 0 radical (unpaired) electrons. The molecule has 2 aromatic carbocycles. The van der Waals surface area contributed by atoms with Gasteiger partial charge >= 0.3 is 5.97 Å². The molecule has 0 N–H and O–H groups in total. The zero-order chi connectivity index (χ0) is 18.8. The van der Waals surface area contributed by atoms with Crippen molar-refractivity contribution in [3.8, 4) is 0 Å². The van der Waals surface area contributed by atoms with E-state index in [1.54, 1.807) is 24.0 Å². The van der Waals surface area contributed by atoms with Crippen molar-refractivity contribution in [3.63, 3.8) is 0 Å². The Kier molecular flexibility index (Phi) is 5.45. The van der Waals surface area contributed by atoms with Gasteiger partial charge in [-0.2, -0.15) is 0 Å². The third-order valence-corrected chi connectivity index (χ3v) is 7.93. The SMILES string of the molecule is C[C@H](OC(=O)c1ccc(C2SCCS2)cc1)C(=O)N1CCc2ccccc21. The van der Waals surface area contributed by atoms with Crippen LogP contribution in [0.5, 0.6) is 0 Å². The van der Waals surface area contributed by atoms with Gasteiger partial charge in [0, 0.05) is 23.7 Å². The number of ether oxygens (including phenoxy) is 1. The van der Waals surface area contributed by atoms with Crippen LogP contribution in [-0.2, 0) is 16.0 Å². The summed E-state index contributed by atoms with van der Waals surface area (Å²) in [5, 5.41) is 0. The van der Waals surface area contributed by atoms with Crippen molar-refractivity contribution in [1.29, 1.82) is 0 Å². The molecule has 0 aromatic heterocycles. The minimum atomic E-state index is -0.815. The summed E-state index contributed by atoms with van der Waals surface area (Å²) >= 11 is 3.86. The summed E-state index contributed by atoms with van der Waals surface area (Å²) in [4.78, 5) is 26.9. The second-order valence-electron chi connectivity index (χ2n) is 6.61. The van der Waals surface area contributed by atoms with E-state index in [0.29, 0.717) is 16.7 Å². The number of thioether (sulfide) groups is 2. The second-order valence-corrected chi connectivity index (χ2v) is 9.34. The first kappa shape index (κ1) is 18.4. The van der Waals surface area contributed by atoms with Gasteiger partial charge in [0.2, 0.25) is 0 Å². The Hall–Kier alpha value is -1.92. The Balaban J connectivity index is 1.39. The molecule has 0 unspecified atom stereocenters. The monoisotopic (exact) mass is 399 g/mol. The largest absolute Gasteiger partial charge is 0.449 e. The van der Waals surface area contributed by atoms with Crippen molar-refractivity contribution >= 4 is 41.1 Å². The molecule has 2 aliphatic heterocycles. The van der Waals surface area contributed by atoms with E-state index in [1.807, 2.05) is 59.9 Å². The number of hydrogen-bond acceptors (Lipinski definition) is 5. The Morgan fingerprint density at radius 1 is 1.07 bits per heavy atom. The van der Waals surface area contributed by atoms with Gasteiger partial charge in [0.1, 0.15) is 0 Å². The molecule has 1 amide bonds. The molecule has 140 valence electrons. The van der Waals surface area contributed by atoms with Crippen LogP contribution in [0.4, 0.5) is 5.69 Å². The summed E-state index contributed by atoms with van der Waals surface area (Å²) in [5.74, 6) is 1.70. The molecular weight excluding hydrogens is 378 g/mol. The Morgan fingerprint density at radius 2 is 1.78 bits per heavy atom. The first-order chi connectivity index (χ1) is 13.1. The Morgan fingerprint density at radius 3 is 2.52 bits per heavy atom. The zero-order valence-electron chi connectivity index (χ0n) is 15.1. The lowest BCUT2D eigenvalue weighted by atomic mass is 10.1. The minimum absolute atomic E-state index is 0.177. The third-order valence-electron chi connectivity index (χ3n) is 4.83. The molecular formula is C21H21NO3S2. The predicted molar refractivity (Wildman–Crippen MR) is 111 cm³/mol. The molecule has 6 heteroatoms. The molecule has 1 atom stereocenters.